The molecule has 544 valence electrons. The van der Waals surface area contributed by atoms with Crippen LogP contribution in [0.15, 0.2) is 271 Å². The van der Waals surface area contributed by atoms with Gasteiger partial charge in [0, 0.05) is 60.8 Å². The molecule has 2 aliphatic heterocycles. The maximum atomic E-state index is 12.3. The molecule has 2 aliphatic rings. The summed E-state index contributed by atoms with van der Waals surface area (Å²) in [6, 6.07) is 90.1. The molecular formula is C84H77BrCl2N6O10P2Pd. The van der Waals surface area contributed by atoms with Crippen LogP contribution in [0.3, 0.4) is 0 Å². The Morgan fingerprint density at radius 3 is 1.13 bits per heavy atom. The first-order chi connectivity index (χ1) is 51.1. The predicted molar refractivity (Wildman–Crippen MR) is 426 cm³/mol. The Balaban J connectivity index is 0.000000157. The van der Waals surface area contributed by atoms with Crippen LogP contribution in [-0.4, -0.2) is 126 Å². The standard InChI is InChI=1S/C24H23N3O5.2C18H15P.C17H15BrN2O3.C7H9NO2.2ClH.Pd/c1-15(28)17-7-8-20-19(14-17)21(22(29)32-3)25-27(20)18-6-4-5-16(13-18)9-10-24(31)11-12-26(2)23(24)30;2*1-4-10-16(11-5-1)19(17-12-6-2-7-13-17)18-14-8-3-9-15-18;1-10(21)11-6-7-15-14(8-11)16(17(22)23-2)19-20(15)13-5-3-4-12(18)9-13;1-3-7(10)4-5-8(2)6(7)9;;;/h4-8,13-15,28,31H,11-12H2,1-3H3;2*1-15H;3-10,21H,1-2H3;1,10H,4-5H2,2H3;2*1H;/q;;;;;;;+2/p-2/t15?,24-;;;;7-;;;/m0...0.../s1. The van der Waals surface area contributed by atoms with Gasteiger partial charge in [-0.2, -0.15) is 10.2 Å². The number of hydrogen-bond acceptors (Lipinski definition) is 12. The number of carbonyl (C=O) groups excluding carboxylic acids is 4. The molecule has 22 heteroatoms. The topological polar surface area (TPSA) is 210 Å². The number of terminal acetylenes is 1. The van der Waals surface area contributed by atoms with E-state index in [4.69, 9.17) is 35.0 Å². The first-order valence-corrected chi connectivity index (χ1v) is 40.8. The van der Waals surface area contributed by atoms with Gasteiger partial charge in [0.1, 0.15) is 0 Å². The van der Waals surface area contributed by atoms with E-state index in [1.54, 1.807) is 79.8 Å². The normalized spacial score (nSPS) is 15.5. The molecule has 16 nitrogen and oxygen atoms in total. The molecule has 2 unspecified atom stereocenters. The van der Waals surface area contributed by atoms with E-state index in [0.717, 1.165) is 21.2 Å². The van der Waals surface area contributed by atoms with Crippen LogP contribution in [0.25, 0.3) is 33.2 Å². The summed E-state index contributed by atoms with van der Waals surface area (Å²) in [5.74, 6) is 5.81. The molecule has 2 saturated heterocycles. The quantitative estimate of drug-likeness (QED) is 0.0390. The molecule has 2 amide bonds. The van der Waals surface area contributed by atoms with Crippen molar-refractivity contribution in [3.8, 4) is 35.6 Å². The van der Waals surface area contributed by atoms with E-state index in [1.165, 1.54) is 55.8 Å². The molecule has 4 heterocycles. The zero-order chi connectivity index (χ0) is 75.9. The average Bonchev–Trinajstić information content (AvgIpc) is 1.62. The molecule has 14 rings (SSSR count). The van der Waals surface area contributed by atoms with Gasteiger partial charge in [-0.25, -0.2) is 19.0 Å². The fraction of sp³-hybridized carbons (Fsp3) is 0.167. The molecule has 10 aromatic carbocycles. The number of carbonyl (C=O) groups is 4. The number of hydrogen-bond donors (Lipinski definition) is 4. The summed E-state index contributed by atoms with van der Waals surface area (Å²) in [6.07, 6.45) is 4.25. The molecule has 0 saturated carbocycles. The zero-order valence-electron chi connectivity index (χ0n) is 58.7. The number of halogens is 3. The van der Waals surface area contributed by atoms with Crippen molar-refractivity contribution in [1.82, 2.24) is 29.4 Å². The van der Waals surface area contributed by atoms with Crippen molar-refractivity contribution in [2.24, 2.45) is 0 Å². The number of esters is 2. The number of methoxy groups -OCH3 is 2. The number of aliphatic hydroxyl groups excluding tert-OH is 2. The summed E-state index contributed by atoms with van der Waals surface area (Å²) in [4.78, 5) is 50.4. The minimum atomic E-state index is -1.68. The van der Waals surface area contributed by atoms with E-state index in [-0.39, 0.29) is 39.7 Å². The Morgan fingerprint density at radius 1 is 0.509 bits per heavy atom. The van der Waals surface area contributed by atoms with Gasteiger partial charge in [-0.3, -0.25) is 9.59 Å². The third-order valence-electron chi connectivity index (χ3n) is 17.0. The van der Waals surface area contributed by atoms with E-state index in [9.17, 15) is 39.6 Å². The molecule has 106 heavy (non-hydrogen) atoms. The maximum Gasteiger partial charge on any atom is -0.0134 e. The Morgan fingerprint density at radius 2 is 0.840 bits per heavy atom. The van der Waals surface area contributed by atoms with E-state index < -0.39 is 57.1 Å². The predicted octanol–water partition coefficient (Wildman–Crippen LogP) is 12.9. The number of amides is 2. The van der Waals surface area contributed by atoms with Crippen molar-refractivity contribution >= 4 is 128 Å². The van der Waals surface area contributed by atoms with E-state index in [2.05, 4.69) is 226 Å². The third-order valence-corrected chi connectivity index (χ3v) is 22.4. The summed E-state index contributed by atoms with van der Waals surface area (Å²) >= 11 is 3.33. The van der Waals surface area contributed by atoms with Crippen molar-refractivity contribution in [2.45, 2.75) is 50.1 Å². The van der Waals surface area contributed by atoms with Crippen molar-refractivity contribution in [3.05, 3.63) is 299 Å². The Bertz CT molecular complexity index is 4750. The molecule has 2 aromatic heterocycles. The van der Waals surface area contributed by atoms with E-state index >= 15 is 0 Å². The van der Waals surface area contributed by atoms with Crippen LogP contribution in [0.5, 0.6) is 0 Å². The fourth-order valence-corrected chi connectivity index (χ4v) is 16.5. The Hall–Kier alpha value is -9.44. The van der Waals surface area contributed by atoms with Crippen LogP contribution in [0.1, 0.15) is 76.6 Å². The average molecular weight is 1650 g/mol. The van der Waals surface area contributed by atoms with Crippen molar-refractivity contribution in [3.63, 3.8) is 0 Å². The number of nitrogens with zero attached hydrogens (tertiary/aromatic N) is 6. The largest absolute Gasteiger partial charge is 0.0622 e. The molecule has 0 aliphatic carbocycles. The van der Waals surface area contributed by atoms with Gasteiger partial charge >= 0.3 is 46.9 Å². The molecule has 2 fully saturated rings. The molecule has 0 spiro atoms. The van der Waals surface area contributed by atoms with Gasteiger partial charge in [-0.15, -0.1) is 6.42 Å². The number of aliphatic hydroxyl groups is 4. The Labute approximate surface area is 644 Å². The first-order valence-electron chi connectivity index (χ1n) is 33.3. The minimum Gasteiger partial charge on any atom is -0.0622 e. The second-order valence-corrected chi connectivity index (χ2v) is 32.0. The van der Waals surface area contributed by atoms with Gasteiger partial charge in [-0.1, -0.05) is 240 Å². The van der Waals surface area contributed by atoms with Crippen LogP contribution >= 0.6 is 50.8 Å². The number of rotatable bonds is 12. The Kier molecular flexibility index (Phi) is 29.5. The third kappa shape index (κ3) is 20.4. The van der Waals surface area contributed by atoms with Crippen LogP contribution in [0.2, 0.25) is 0 Å². The zero-order valence-corrected chi connectivity index (χ0v) is 65.2. The summed E-state index contributed by atoms with van der Waals surface area (Å²) in [6.45, 7) is 4.32. The van der Waals surface area contributed by atoms with Crippen LogP contribution in [0, 0.1) is 24.2 Å². The second-order valence-electron chi connectivity index (χ2n) is 24.2. The summed E-state index contributed by atoms with van der Waals surface area (Å²) < 4.78 is 13.9. The summed E-state index contributed by atoms with van der Waals surface area (Å²) in [5, 5.41) is 58.0. The van der Waals surface area contributed by atoms with Gasteiger partial charge in [-0.05, 0) is 133 Å². The summed E-state index contributed by atoms with van der Waals surface area (Å²) in [5.41, 5.74) is 2.01. The number of ether oxygens (including phenoxy) is 2. The molecule has 12 aromatic rings. The monoisotopic (exact) mass is 1650 g/mol. The SMILES string of the molecule is C#C[C@]1(O)CCN(C)C1=O.COC(=O)c1nn(-c2cccc(Br)c2)c2ccc(C(C)O)cc12.COC(=O)c1nn(-c2cccc(C#C[C@]3(O)CCN(C)C3=O)c2)c2ccc(C(C)O)cc12.[Cl][Pd][Cl].c1ccc(P(c2ccccc2)c2ccccc2)cc1.c1ccc(P(c2ccccc2)c2ccccc2)cc1. The van der Waals surface area contributed by atoms with Gasteiger partial charge in [0.25, 0.3) is 11.8 Å². The van der Waals surface area contributed by atoms with Gasteiger partial charge in [0.2, 0.25) is 11.2 Å². The smallest absolute Gasteiger partial charge is 0.0134 e. The number of aromatic nitrogens is 4. The number of likely N-dealkylation sites (tertiary alicyclic amines) is 2. The number of likely N-dealkylation sites (N-methyl/N-ethyl adjacent to an activating group) is 2. The van der Waals surface area contributed by atoms with Crippen LogP contribution < -0.4 is 31.8 Å². The maximum absolute atomic E-state index is 12.3. The van der Waals surface area contributed by atoms with Gasteiger partial charge < -0.3 is 39.7 Å². The number of benzene rings is 10. The van der Waals surface area contributed by atoms with Gasteiger partial charge in [0.05, 0.1) is 48.8 Å². The molecular weight excluding hydrogens is 1570 g/mol. The van der Waals surface area contributed by atoms with E-state index in [1.807, 2.05) is 42.5 Å². The fourth-order valence-electron chi connectivity index (χ4n) is 11.5. The first kappa shape index (κ1) is 80.7. The molecule has 4 atom stereocenters. The van der Waals surface area contributed by atoms with Crippen LogP contribution in [0.4, 0.5) is 0 Å². The number of fused-ring (bicyclic) bond motifs is 2. The molecule has 4 N–H and O–H groups in total. The van der Waals surface area contributed by atoms with Crippen molar-refractivity contribution < 1.29 is 65.0 Å². The van der Waals surface area contributed by atoms with Crippen molar-refractivity contribution in [1.29, 1.82) is 0 Å². The van der Waals surface area contributed by atoms with Gasteiger partial charge in [0.15, 0.2) is 11.4 Å². The minimum absolute atomic E-state index is 0.106. The molecule has 0 bridgehead atoms. The molecule has 0 radical (unpaired) electrons. The second kappa shape index (κ2) is 38.7. The van der Waals surface area contributed by atoms with Crippen molar-refractivity contribution in [2.75, 3.05) is 41.4 Å². The van der Waals surface area contributed by atoms with Crippen LogP contribution in [-0.2, 0) is 35.0 Å². The van der Waals surface area contributed by atoms with E-state index in [0.29, 0.717) is 52.6 Å². The summed E-state index contributed by atoms with van der Waals surface area (Å²) in [7, 11) is 14.6.